The predicted molar refractivity (Wildman–Crippen MR) is 78.0 cm³/mol. The monoisotopic (exact) mass is 269 g/mol. The molecule has 1 aliphatic rings. The number of rotatable bonds is 4. The lowest BCUT2D eigenvalue weighted by atomic mass is 9.79. The quantitative estimate of drug-likeness (QED) is 0.860. The van der Waals surface area contributed by atoms with Gasteiger partial charge in [0.1, 0.15) is 11.5 Å². The molecule has 0 saturated heterocycles. The smallest absolute Gasteiger partial charge is 0.457 e. The molecule has 0 unspecified atom stereocenters. The predicted octanol–water partition coefficient (Wildman–Crippen LogP) is 1.81. The molecular weight excluding hydrogens is 253 g/mol. The van der Waals surface area contributed by atoms with Crippen molar-refractivity contribution in [1.82, 2.24) is 0 Å². The highest BCUT2D eigenvalue weighted by Gasteiger charge is 2.29. The van der Waals surface area contributed by atoms with Gasteiger partial charge in [0.05, 0.1) is 6.61 Å². The van der Waals surface area contributed by atoms with E-state index in [9.17, 15) is 0 Å². The Morgan fingerprint density at radius 1 is 1.25 bits per heavy atom. The van der Waals surface area contributed by atoms with Crippen LogP contribution >= 0.6 is 0 Å². The number of para-hydroxylation sites is 1. The number of hydrogen-bond acceptors (Lipinski definition) is 4. The first-order valence-electron chi connectivity index (χ1n) is 6.55. The lowest BCUT2D eigenvalue weighted by Crippen LogP contribution is -2.30. The van der Waals surface area contributed by atoms with Crippen LogP contribution in [0.2, 0.25) is 0 Å². The van der Waals surface area contributed by atoms with Gasteiger partial charge < -0.3 is 19.8 Å². The Kier molecular flexibility index (Phi) is 3.73. The summed E-state index contributed by atoms with van der Waals surface area (Å²) in [5, 5.41) is 0. The summed E-state index contributed by atoms with van der Waals surface area (Å²) in [7, 11) is 1.33. The highest BCUT2D eigenvalue weighted by atomic mass is 16.6. The van der Waals surface area contributed by atoms with Gasteiger partial charge in [-0.05, 0) is 29.2 Å². The van der Waals surface area contributed by atoms with E-state index in [4.69, 9.17) is 19.8 Å². The van der Waals surface area contributed by atoms with Gasteiger partial charge in [-0.3, -0.25) is 0 Å². The van der Waals surface area contributed by atoms with Gasteiger partial charge in [0.2, 0.25) is 0 Å². The first kappa shape index (κ1) is 13.2. The van der Waals surface area contributed by atoms with Gasteiger partial charge in [0.25, 0.3) is 0 Å². The van der Waals surface area contributed by atoms with Crippen LogP contribution in [0.3, 0.4) is 0 Å². The normalized spacial score (nSPS) is 13.4. The first-order chi connectivity index (χ1) is 9.81. The van der Waals surface area contributed by atoms with E-state index in [1.54, 1.807) is 7.11 Å². The minimum atomic E-state index is -0.307. The zero-order valence-electron chi connectivity index (χ0n) is 11.3. The van der Waals surface area contributed by atoms with E-state index < -0.39 is 0 Å². The molecule has 0 saturated carbocycles. The zero-order valence-corrected chi connectivity index (χ0v) is 11.3. The van der Waals surface area contributed by atoms with E-state index in [2.05, 4.69) is 0 Å². The van der Waals surface area contributed by atoms with Crippen LogP contribution in [-0.2, 0) is 22.5 Å². The van der Waals surface area contributed by atoms with Crippen molar-refractivity contribution < 1.29 is 14.0 Å². The molecule has 4 nitrogen and oxygen atoms in total. The van der Waals surface area contributed by atoms with E-state index in [0.29, 0.717) is 13.2 Å². The van der Waals surface area contributed by atoms with Crippen molar-refractivity contribution in [3.63, 3.8) is 0 Å². The van der Waals surface area contributed by atoms with Crippen molar-refractivity contribution >= 4 is 12.6 Å². The molecule has 102 valence electrons. The third-order valence-corrected chi connectivity index (χ3v) is 3.40. The summed E-state index contributed by atoms with van der Waals surface area (Å²) in [4.78, 5) is 0. The minimum absolute atomic E-state index is 0.307. The van der Waals surface area contributed by atoms with Crippen LogP contribution in [0.25, 0.3) is 0 Å². The summed E-state index contributed by atoms with van der Waals surface area (Å²) < 4.78 is 16.7. The molecule has 1 aliphatic heterocycles. The molecule has 0 radical (unpaired) electrons. The van der Waals surface area contributed by atoms with Crippen LogP contribution in [0.5, 0.6) is 11.5 Å². The second-order valence-corrected chi connectivity index (χ2v) is 4.65. The van der Waals surface area contributed by atoms with Crippen LogP contribution in [0.4, 0.5) is 0 Å². The second kappa shape index (κ2) is 5.67. The molecule has 0 spiro atoms. The molecule has 20 heavy (non-hydrogen) atoms. The third-order valence-electron chi connectivity index (χ3n) is 3.40. The molecule has 2 N–H and O–H groups in total. The maximum Gasteiger partial charge on any atom is 0.494 e. The summed E-state index contributed by atoms with van der Waals surface area (Å²) >= 11 is 0. The summed E-state index contributed by atoms with van der Waals surface area (Å²) in [6.45, 7) is 1.03. The molecule has 0 aliphatic carbocycles. The summed E-state index contributed by atoms with van der Waals surface area (Å²) in [5.74, 6) is 1.54. The van der Waals surface area contributed by atoms with Crippen molar-refractivity contribution in [3.8, 4) is 11.5 Å². The van der Waals surface area contributed by atoms with E-state index >= 15 is 0 Å². The second-order valence-electron chi connectivity index (χ2n) is 4.65. The first-order valence-corrected chi connectivity index (χ1v) is 6.55. The summed E-state index contributed by atoms with van der Waals surface area (Å²) in [5.41, 5.74) is 8.86. The van der Waals surface area contributed by atoms with Gasteiger partial charge >= 0.3 is 7.12 Å². The molecule has 2 aromatic rings. The van der Waals surface area contributed by atoms with E-state index in [0.717, 1.165) is 28.1 Å². The largest absolute Gasteiger partial charge is 0.494 e. The molecule has 0 amide bonds. The van der Waals surface area contributed by atoms with Gasteiger partial charge in [-0.2, -0.15) is 0 Å². The highest BCUT2D eigenvalue weighted by molar-refractivity contribution is 6.62. The van der Waals surface area contributed by atoms with Crippen LogP contribution in [-0.4, -0.2) is 14.2 Å². The number of benzene rings is 2. The molecule has 1 heterocycles. The van der Waals surface area contributed by atoms with Gasteiger partial charge in [-0.1, -0.05) is 24.3 Å². The Hall–Kier alpha value is -1.82. The fourth-order valence-electron chi connectivity index (χ4n) is 2.34. The van der Waals surface area contributed by atoms with Gasteiger partial charge in [0.15, 0.2) is 0 Å². The fourth-order valence-corrected chi connectivity index (χ4v) is 2.34. The minimum Gasteiger partial charge on any atom is -0.457 e. The molecule has 0 bridgehead atoms. The molecule has 5 heteroatoms. The summed E-state index contributed by atoms with van der Waals surface area (Å²) in [6, 6.07) is 13.7. The molecule has 0 fully saturated rings. The number of nitrogens with two attached hydrogens (primary N) is 1. The van der Waals surface area contributed by atoms with E-state index in [-0.39, 0.29) is 7.12 Å². The van der Waals surface area contributed by atoms with Gasteiger partial charge in [0, 0.05) is 19.2 Å². The van der Waals surface area contributed by atoms with Crippen molar-refractivity contribution in [3.05, 3.63) is 53.6 Å². The maximum atomic E-state index is 5.93. The molecule has 0 aromatic heterocycles. The van der Waals surface area contributed by atoms with Crippen molar-refractivity contribution in [1.29, 1.82) is 0 Å². The van der Waals surface area contributed by atoms with Crippen LogP contribution in [0.1, 0.15) is 11.1 Å². The average molecular weight is 269 g/mol. The van der Waals surface area contributed by atoms with Crippen LogP contribution < -0.4 is 15.9 Å². The van der Waals surface area contributed by atoms with E-state index in [1.165, 1.54) is 0 Å². The average Bonchev–Trinajstić information content (AvgIpc) is 2.90. The third kappa shape index (κ3) is 2.43. The lowest BCUT2D eigenvalue weighted by molar-refractivity contribution is 0.245. The Bertz CT molecular complexity index is 618. The Morgan fingerprint density at radius 2 is 2.10 bits per heavy atom. The standard InChI is InChI=1S/C15H16BNO3/c1-18-16-14-8-13(7-6-12(14)10-19-16)20-15-5-3-2-4-11(15)9-17/h2-8H,9-10,17H2,1H3. The highest BCUT2D eigenvalue weighted by Crippen LogP contribution is 2.26. The van der Waals surface area contributed by atoms with Gasteiger partial charge in [-0.25, -0.2) is 0 Å². The zero-order chi connectivity index (χ0) is 13.9. The van der Waals surface area contributed by atoms with Crippen molar-refractivity contribution in [2.24, 2.45) is 5.73 Å². The SMILES string of the molecule is COB1OCc2ccc(Oc3ccccc3CN)cc21. The fraction of sp³-hybridized carbons (Fsp3) is 0.200. The molecule has 3 rings (SSSR count). The van der Waals surface area contributed by atoms with Gasteiger partial charge in [-0.15, -0.1) is 0 Å². The van der Waals surface area contributed by atoms with E-state index in [1.807, 2.05) is 42.5 Å². The van der Waals surface area contributed by atoms with Crippen LogP contribution in [0.15, 0.2) is 42.5 Å². The topological polar surface area (TPSA) is 53.7 Å². The maximum absolute atomic E-state index is 5.93. The summed E-state index contributed by atoms with van der Waals surface area (Å²) in [6.07, 6.45) is 0. The lowest BCUT2D eigenvalue weighted by Gasteiger charge is -2.11. The molecular formula is C15H16BNO3. The number of ether oxygens (including phenoxy) is 1. The Morgan fingerprint density at radius 3 is 2.90 bits per heavy atom. The Balaban J connectivity index is 1.89. The molecule has 0 atom stereocenters. The number of hydrogen-bond donors (Lipinski definition) is 1. The van der Waals surface area contributed by atoms with Crippen molar-refractivity contribution in [2.45, 2.75) is 13.2 Å². The Labute approximate surface area is 118 Å². The number of fused-ring (bicyclic) bond motifs is 1. The van der Waals surface area contributed by atoms with Crippen LogP contribution in [0, 0.1) is 0 Å². The van der Waals surface area contributed by atoms with Crippen molar-refractivity contribution in [2.75, 3.05) is 7.11 Å². The molecule has 2 aromatic carbocycles.